The van der Waals surface area contributed by atoms with Crippen molar-refractivity contribution < 1.29 is 9.53 Å². The molecule has 0 spiro atoms. The van der Waals surface area contributed by atoms with Gasteiger partial charge in [-0.25, -0.2) is 0 Å². The molecule has 2 aromatic rings. The van der Waals surface area contributed by atoms with E-state index in [0.29, 0.717) is 25.5 Å². The van der Waals surface area contributed by atoms with Gasteiger partial charge in [-0.3, -0.25) is 9.48 Å². The lowest BCUT2D eigenvalue weighted by atomic mass is 9.87. The number of benzene rings is 1. The standard InChI is InChI=1S/C20H24N4O2/c1-14-13-26-10-9-23(14)18-11-16-19(25)21-12-17(24(16)22-18)20(7-8-20)15-5-3-2-4-6-15/h2-6,11,14,17H,7-10,12-13H2,1H3,(H,21,25)/t14-,17+/m1/s1. The molecule has 1 aromatic carbocycles. The highest BCUT2D eigenvalue weighted by atomic mass is 16.5. The molecule has 0 radical (unpaired) electrons. The molecule has 6 heteroatoms. The Morgan fingerprint density at radius 1 is 1.27 bits per heavy atom. The molecule has 6 nitrogen and oxygen atoms in total. The van der Waals surface area contributed by atoms with E-state index < -0.39 is 0 Å². The van der Waals surface area contributed by atoms with E-state index in [9.17, 15) is 4.79 Å². The third kappa shape index (κ3) is 2.35. The second-order valence-corrected chi connectivity index (χ2v) is 7.70. The van der Waals surface area contributed by atoms with Gasteiger partial charge in [0.1, 0.15) is 5.69 Å². The number of ether oxygens (including phenoxy) is 1. The van der Waals surface area contributed by atoms with E-state index in [-0.39, 0.29) is 23.4 Å². The number of carbonyl (C=O) groups is 1. The van der Waals surface area contributed by atoms with Crippen LogP contribution in [0, 0.1) is 0 Å². The maximum Gasteiger partial charge on any atom is 0.269 e. The molecule has 0 bridgehead atoms. The predicted octanol–water partition coefficient (Wildman–Crippen LogP) is 2.12. The summed E-state index contributed by atoms with van der Waals surface area (Å²) < 4.78 is 7.54. The first-order valence-corrected chi connectivity index (χ1v) is 9.47. The topological polar surface area (TPSA) is 59.4 Å². The first-order chi connectivity index (χ1) is 12.7. The average molecular weight is 352 g/mol. The zero-order valence-electron chi connectivity index (χ0n) is 15.0. The van der Waals surface area contributed by atoms with Crippen molar-refractivity contribution in [2.45, 2.75) is 37.3 Å². The van der Waals surface area contributed by atoms with Gasteiger partial charge in [0.15, 0.2) is 5.82 Å². The Hall–Kier alpha value is -2.34. The lowest BCUT2D eigenvalue weighted by Gasteiger charge is -2.34. The van der Waals surface area contributed by atoms with Crippen molar-refractivity contribution in [2.75, 3.05) is 31.2 Å². The van der Waals surface area contributed by atoms with Crippen LogP contribution in [0.1, 0.15) is 41.9 Å². The molecule has 1 saturated carbocycles. The van der Waals surface area contributed by atoms with Crippen molar-refractivity contribution in [1.82, 2.24) is 15.1 Å². The Morgan fingerprint density at radius 2 is 2.08 bits per heavy atom. The van der Waals surface area contributed by atoms with Crippen LogP contribution in [0.25, 0.3) is 0 Å². The van der Waals surface area contributed by atoms with Crippen molar-refractivity contribution >= 4 is 11.7 Å². The summed E-state index contributed by atoms with van der Waals surface area (Å²) in [5, 5.41) is 8.00. The van der Waals surface area contributed by atoms with Gasteiger partial charge < -0.3 is 15.0 Å². The van der Waals surface area contributed by atoms with Gasteiger partial charge in [-0.05, 0) is 25.3 Å². The van der Waals surface area contributed by atoms with Crippen LogP contribution < -0.4 is 10.2 Å². The van der Waals surface area contributed by atoms with E-state index in [0.717, 1.165) is 25.2 Å². The fourth-order valence-electron chi connectivity index (χ4n) is 4.51. The smallest absolute Gasteiger partial charge is 0.269 e. The van der Waals surface area contributed by atoms with Gasteiger partial charge in [0, 0.05) is 24.6 Å². The van der Waals surface area contributed by atoms with Gasteiger partial charge in [-0.2, -0.15) is 5.10 Å². The molecule has 1 amide bonds. The minimum atomic E-state index is -0.0234. The molecule has 3 aliphatic rings. The first kappa shape index (κ1) is 15.9. The van der Waals surface area contributed by atoms with E-state index in [1.54, 1.807) is 0 Å². The minimum Gasteiger partial charge on any atom is -0.377 e. The second kappa shape index (κ2) is 5.84. The summed E-state index contributed by atoms with van der Waals surface area (Å²) in [6.07, 6.45) is 2.28. The second-order valence-electron chi connectivity index (χ2n) is 7.70. The summed E-state index contributed by atoms with van der Waals surface area (Å²) in [6.45, 7) is 5.00. The molecule has 5 rings (SSSR count). The lowest BCUT2D eigenvalue weighted by Crippen LogP contribution is -2.45. The molecular weight excluding hydrogens is 328 g/mol. The zero-order valence-corrected chi connectivity index (χ0v) is 15.0. The quantitative estimate of drug-likeness (QED) is 0.919. The third-order valence-electron chi connectivity index (χ3n) is 6.14. The predicted molar refractivity (Wildman–Crippen MR) is 98.6 cm³/mol. The van der Waals surface area contributed by atoms with Crippen LogP contribution >= 0.6 is 0 Å². The Kier molecular flexibility index (Phi) is 3.57. The highest BCUT2D eigenvalue weighted by Gasteiger charge is 2.53. The summed E-state index contributed by atoms with van der Waals surface area (Å²) in [6, 6.07) is 13.1. The van der Waals surface area contributed by atoms with Crippen LogP contribution in [0.5, 0.6) is 0 Å². The Labute approximate surface area is 153 Å². The normalized spacial score (nSPS) is 27.0. The molecule has 1 saturated heterocycles. The number of anilines is 1. The number of rotatable bonds is 3. The van der Waals surface area contributed by atoms with E-state index >= 15 is 0 Å². The molecule has 2 atom stereocenters. The van der Waals surface area contributed by atoms with E-state index in [4.69, 9.17) is 9.84 Å². The zero-order chi connectivity index (χ0) is 17.7. The number of carbonyl (C=O) groups excluding carboxylic acids is 1. The highest BCUT2D eigenvalue weighted by molar-refractivity contribution is 5.94. The van der Waals surface area contributed by atoms with Gasteiger partial charge in [0.05, 0.1) is 25.3 Å². The van der Waals surface area contributed by atoms with Gasteiger partial charge in [-0.15, -0.1) is 0 Å². The van der Waals surface area contributed by atoms with E-state index in [1.165, 1.54) is 5.56 Å². The summed E-state index contributed by atoms with van der Waals surface area (Å²) >= 11 is 0. The van der Waals surface area contributed by atoms with Crippen LogP contribution in [0.2, 0.25) is 0 Å². The molecule has 1 N–H and O–H groups in total. The largest absolute Gasteiger partial charge is 0.377 e. The summed E-state index contributed by atoms with van der Waals surface area (Å²) in [5.74, 6) is 0.867. The molecule has 136 valence electrons. The highest BCUT2D eigenvalue weighted by Crippen LogP contribution is 2.56. The molecule has 2 fully saturated rings. The van der Waals surface area contributed by atoms with Crippen molar-refractivity contribution in [3.63, 3.8) is 0 Å². The van der Waals surface area contributed by atoms with Crippen LogP contribution in [-0.4, -0.2) is 48.0 Å². The number of aromatic nitrogens is 2. The van der Waals surface area contributed by atoms with Crippen LogP contribution in [0.4, 0.5) is 5.82 Å². The number of morpholine rings is 1. The number of hydrogen-bond donors (Lipinski definition) is 1. The molecule has 2 aliphatic heterocycles. The van der Waals surface area contributed by atoms with Gasteiger partial charge in [0.25, 0.3) is 5.91 Å². The van der Waals surface area contributed by atoms with Gasteiger partial charge >= 0.3 is 0 Å². The fourth-order valence-corrected chi connectivity index (χ4v) is 4.51. The summed E-state index contributed by atoms with van der Waals surface area (Å²) in [5.41, 5.74) is 2.12. The van der Waals surface area contributed by atoms with Crippen LogP contribution in [-0.2, 0) is 10.2 Å². The summed E-state index contributed by atoms with van der Waals surface area (Å²) in [7, 11) is 0. The van der Waals surface area contributed by atoms with Gasteiger partial charge in [0.2, 0.25) is 0 Å². The average Bonchev–Trinajstić information content (AvgIpc) is 3.35. The van der Waals surface area contributed by atoms with Crippen molar-refractivity contribution in [1.29, 1.82) is 0 Å². The summed E-state index contributed by atoms with van der Waals surface area (Å²) in [4.78, 5) is 14.7. The molecule has 1 aromatic heterocycles. The van der Waals surface area contributed by atoms with Crippen LogP contribution in [0.15, 0.2) is 36.4 Å². The van der Waals surface area contributed by atoms with E-state index in [2.05, 4.69) is 47.5 Å². The van der Waals surface area contributed by atoms with E-state index in [1.807, 2.05) is 10.7 Å². The van der Waals surface area contributed by atoms with Crippen molar-refractivity contribution in [3.8, 4) is 0 Å². The third-order valence-corrected chi connectivity index (χ3v) is 6.14. The maximum atomic E-state index is 12.5. The van der Waals surface area contributed by atoms with Crippen molar-refractivity contribution in [2.24, 2.45) is 0 Å². The van der Waals surface area contributed by atoms with Crippen LogP contribution in [0.3, 0.4) is 0 Å². The molecule has 3 heterocycles. The molecular formula is C20H24N4O2. The number of nitrogens with zero attached hydrogens (tertiary/aromatic N) is 3. The maximum absolute atomic E-state index is 12.5. The molecule has 1 aliphatic carbocycles. The minimum absolute atomic E-state index is 0.0234. The SMILES string of the molecule is C[C@@H]1COCCN1c1cc2n(n1)[C@H](C1(c3ccccc3)CC1)CNC2=O. The lowest BCUT2D eigenvalue weighted by molar-refractivity contribution is 0.0898. The monoisotopic (exact) mass is 352 g/mol. The van der Waals surface area contributed by atoms with Crippen molar-refractivity contribution in [3.05, 3.63) is 47.7 Å². The number of fused-ring (bicyclic) bond motifs is 1. The first-order valence-electron chi connectivity index (χ1n) is 9.47. The Bertz CT molecular complexity index is 828. The Balaban J connectivity index is 1.54. The molecule has 26 heavy (non-hydrogen) atoms. The number of amides is 1. The molecule has 0 unspecified atom stereocenters. The van der Waals surface area contributed by atoms with Gasteiger partial charge in [-0.1, -0.05) is 30.3 Å². The Morgan fingerprint density at radius 3 is 2.81 bits per heavy atom. The number of nitrogens with one attached hydrogen (secondary N) is 1. The fraction of sp³-hybridized carbons (Fsp3) is 0.500. The number of hydrogen-bond acceptors (Lipinski definition) is 4.